The summed E-state index contributed by atoms with van der Waals surface area (Å²) in [5, 5.41) is 20.7. The van der Waals surface area contributed by atoms with E-state index in [0.29, 0.717) is 12.2 Å². The molecule has 0 fully saturated rings. The molecule has 0 aromatic carbocycles. The Morgan fingerprint density at radius 3 is 2.94 bits per heavy atom. The number of hydrogen-bond donors (Lipinski definition) is 0. The zero-order valence-corrected chi connectivity index (χ0v) is 9.32. The predicted molar refractivity (Wildman–Crippen MR) is 57.5 cm³/mol. The summed E-state index contributed by atoms with van der Waals surface area (Å²) in [5.41, 5.74) is 3.18. The number of methoxy groups -OCH3 is 1. The molecule has 0 aliphatic heterocycles. The first kappa shape index (κ1) is 10.9. The second-order valence-electron chi connectivity index (χ2n) is 4.02. The largest absolute Gasteiger partial charge is 0.618 e. The molecule has 4 heteroatoms. The fourth-order valence-corrected chi connectivity index (χ4v) is 2.30. The van der Waals surface area contributed by atoms with Gasteiger partial charge >= 0.3 is 0 Å². The third kappa shape index (κ3) is 1.74. The van der Waals surface area contributed by atoms with Crippen molar-refractivity contribution >= 4 is 0 Å². The molecule has 16 heavy (non-hydrogen) atoms. The molecule has 0 atom stereocenters. The summed E-state index contributed by atoms with van der Waals surface area (Å²) in [4.78, 5) is 0. The van der Waals surface area contributed by atoms with Gasteiger partial charge in [-0.25, -0.2) is 0 Å². The Morgan fingerprint density at radius 1 is 1.50 bits per heavy atom. The number of nitriles is 1. The first-order valence-electron chi connectivity index (χ1n) is 5.43. The fraction of sp³-hybridized carbons (Fsp3) is 0.500. The summed E-state index contributed by atoms with van der Waals surface area (Å²) < 4.78 is 5.97. The van der Waals surface area contributed by atoms with Crippen LogP contribution in [0.3, 0.4) is 0 Å². The zero-order chi connectivity index (χ0) is 11.5. The Hall–Kier alpha value is -1.60. The van der Waals surface area contributed by atoms with E-state index in [1.807, 2.05) is 0 Å². The lowest BCUT2D eigenvalue weighted by Crippen LogP contribution is -2.36. The Kier molecular flexibility index (Phi) is 3.07. The summed E-state index contributed by atoms with van der Waals surface area (Å²) in [6.07, 6.45) is 5.19. The van der Waals surface area contributed by atoms with Gasteiger partial charge in [0.05, 0.1) is 6.61 Å². The monoisotopic (exact) mass is 218 g/mol. The Bertz CT molecular complexity index is 449. The van der Waals surface area contributed by atoms with Crippen molar-refractivity contribution in [3.05, 3.63) is 33.8 Å². The summed E-state index contributed by atoms with van der Waals surface area (Å²) in [6, 6.07) is 2.07. The molecular weight excluding hydrogens is 204 g/mol. The molecule has 0 unspecified atom stereocenters. The highest BCUT2D eigenvalue weighted by Crippen LogP contribution is 2.24. The molecule has 0 spiro atoms. The molecule has 0 radical (unpaired) electrons. The first-order valence-corrected chi connectivity index (χ1v) is 5.43. The molecule has 2 rings (SSSR count). The number of aromatic nitrogens is 1. The van der Waals surface area contributed by atoms with Crippen LogP contribution >= 0.6 is 0 Å². The van der Waals surface area contributed by atoms with Crippen molar-refractivity contribution in [3.8, 4) is 6.07 Å². The van der Waals surface area contributed by atoms with Crippen molar-refractivity contribution in [1.82, 2.24) is 0 Å². The maximum absolute atomic E-state index is 11.7. The minimum Gasteiger partial charge on any atom is -0.618 e. The SMILES string of the molecule is COCc1c(C#N)c[n+]([O-])c2c1CCCC2. The molecule has 1 aliphatic rings. The van der Waals surface area contributed by atoms with Crippen LogP contribution in [0.25, 0.3) is 0 Å². The standard InChI is InChI=1S/C12H14N2O2/c1-16-8-11-9(6-13)7-14(15)12-5-3-2-4-10(11)12/h7H,2-5,8H2,1H3. The van der Waals surface area contributed by atoms with E-state index < -0.39 is 0 Å². The molecule has 1 aromatic rings. The quantitative estimate of drug-likeness (QED) is 0.554. The minimum atomic E-state index is 0.409. The van der Waals surface area contributed by atoms with Gasteiger partial charge in [-0.2, -0.15) is 9.99 Å². The van der Waals surface area contributed by atoms with Gasteiger partial charge in [-0.3, -0.25) is 0 Å². The summed E-state index contributed by atoms with van der Waals surface area (Å²) >= 11 is 0. The van der Waals surface area contributed by atoms with Gasteiger partial charge in [0, 0.05) is 24.7 Å². The molecule has 84 valence electrons. The van der Waals surface area contributed by atoms with Crippen molar-refractivity contribution in [3.63, 3.8) is 0 Å². The van der Waals surface area contributed by atoms with Gasteiger partial charge in [0.2, 0.25) is 0 Å². The van der Waals surface area contributed by atoms with Crippen LogP contribution in [0.5, 0.6) is 0 Å². The summed E-state index contributed by atoms with van der Waals surface area (Å²) in [5.74, 6) is 0. The molecule has 0 N–H and O–H groups in total. The molecule has 0 bridgehead atoms. The van der Waals surface area contributed by atoms with Gasteiger partial charge in [-0.15, -0.1) is 0 Å². The molecule has 0 saturated heterocycles. The molecule has 1 aromatic heterocycles. The maximum Gasteiger partial charge on any atom is 0.198 e. The average Bonchev–Trinajstić information content (AvgIpc) is 2.33. The smallest absolute Gasteiger partial charge is 0.198 e. The third-order valence-corrected chi connectivity index (χ3v) is 3.05. The van der Waals surface area contributed by atoms with E-state index in [4.69, 9.17) is 10.00 Å². The topological polar surface area (TPSA) is 60.0 Å². The Labute approximate surface area is 94.7 Å². The van der Waals surface area contributed by atoms with Gasteiger partial charge in [0.25, 0.3) is 0 Å². The van der Waals surface area contributed by atoms with Gasteiger partial charge in [0.1, 0.15) is 11.6 Å². The third-order valence-electron chi connectivity index (χ3n) is 3.05. The van der Waals surface area contributed by atoms with E-state index in [9.17, 15) is 5.21 Å². The van der Waals surface area contributed by atoms with Crippen LogP contribution in [0, 0.1) is 16.5 Å². The lowest BCUT2D eigenvalue weighted by atomic mass is 9.90. The second-order valence-corrected chi connectivity index (χ2v) is 4.02. The number of hydrogen-bond acceptors (Lipinski definition) is 3. The lowest BCUT2D eigenvalue weighted by molar-refractivity contribution is -0.615. The lowest BCUT2D eigenvalue weighted by Gasteiger charge is -2.18. The molecular formula is C12H14N2O2. The minimum absolute atomic E-state index is 0.409. The highest BCUT2D eigenvalue weighted by atomic mass is 16.5. The second kappa shape index (κ2) is 4.50. The molecule has 1 aliphatic carbocycles. The fourth-order valence-electron chi connectivity index (χ4n) is 2.30. The van der Waals surface area contributed by atoms with E-state index in [-0.39, 0.29) is 0 Å². The highest BCUT2D eigenvalue weighted by molar-refractivity contribution is 5.41. The summed E-state index contributed by atoms with van der Waals surface area (Å²) in [6.45, 7) is 0.409. The molecule has 4 nitrogen and oxygen atoms in total. The van der Waals surface area contributed by atoms with E-state index in [1.165, 1.54) is 6.20 Å². The molecule has 1 heterocycles. The van der Waals surface area contributed by atoms with Crippen molar-refractivity contribution in [1.29, 1.82) is 5.26 Å². The van der Waals surface area contributed by atoms with Crippen molar-refractivity contribution in [2.45, 2.75) is 32.3 Å². The van der Waals surface area contributed by atoms with E-state index in [2.05, 4.69) is 6.07 Å². The van der Waals surface area contributed by atoms with Crippen molar-refractivity contribution in [2.75, 3.05) is 7.11 Å². The van der Waals surface area contributed by atoms with Crippen LogP contribution in [0.1, 0.15) is 35.2 Å². The normalized spacial score (nSPS) is 14.2. The number of pyridine rings is 1. The van der Waals surface area contributed by atoms with Crippen molar-refractivity contribution in [2.24, 2.45) is 0 Å². The number of ether oxygens (including phenoxy) is 1. The van der Waals surface area contributed by atoms with Crippen LogP contribution in [0.15, 0.2) is 6.20 Å². The van der Waals surface area contributed by atoms with Crippen LogP contribution in [0.2, 0.25) is 0 Å². The van der Waals surface area contributed by atoms with Crippen LogP contribution < -0.4 is 4.73 Å². The maximum atomic E-state index is 11.7. The van der Waals surface area contributed by atoms with Crippen LogP contribution in [0.4, 0.5) is 0 Å². The first-order chi connectivity index (χ1) is 7.77. The van der Waals surface area contributed by atoms with E-state index in [1.54, 1.807) is 7.11 Å². The zero-order valence-electron chi connectivity index (χ0n) is 9.32. The Morgan fingerprint density at radius 2 is 2.25 bits per heavy atom. The molecule has 0 saturated carbocycles. The number of nitrogens with zero attached hydrogens (tertiary/aromatic N) is 2. The van der Waals surface area contributed by atoms with Crippen LogP contribution in [-0.2, 0) is 24.2 Å². The van der Waals surface area contributed by atoms with Gasteiger partial charge in [0.15, 0.2) is 11.9 Å². The summed E-state index contributed by atoms with van der Waals surface area (Å²) in [7, 11) is 1.61. The van der Waals surface area contributed by atoms with Gasteiger partial charge in [-0.1, -0.05) is 0 Å². The van der Waals surface area contributed by atoms with Crippen molar-refractivity contribution < 1.29 is 9.47 Å². The van der Waals surface area contributed by atoms with E-state index in [0.717, 1.165) is 47.2 Å². The molecule has 0 amide bonds. The highest BCUT2D eigenvalue weighted by Gasteiger charge is 2.24. The van der Waals surface area contributed by atoms with E-state index >= 15 is 0 Å². The van der Waals surface area contributed by atoms with Gasteiger partial charge in [-0.05, 0) is 19.3 Å². The Balaban J connectivity index is 2.59. The van der Waals surface area contributed by atoms with Crippen LogP contribution in [-0.4, -0.2) is 7.11 Å². The predicted octanol–water partition coefficient (Wildman–Crippen LogP) is 1.22. The average molecular weight is 218 g/mol. The number of rotatable bonds is 2. The van der Waals surface area contributed by atoms with Gasteiger partial charge < -0.3 is 9.94 Å². The number of fused-ring (bicyclic) bond motifs is 1.